The van der Waals surface area contributed by atoms with Crippen LogP contribution in [0, 0.1) is 5.92 Å². The quantitative estimate of drug-likeness (QED) is 0.923. The van der Waals surface area contributed by atoms with Crippen LogP contribution in [0.15, 0.2) is 30.5 Å². The Bertz CT molecular complexity index is 622. The molecule has 1 aromatic heterocycles. The molecular weight excluding hydrogens is 292 g/mol. The Morgan fingerprint density at radius 2 is 2.20 bits per heavy atom. The molecular formula is C15H15ClN2OS. The number of nitrogens with zero attached hydrogens (tertiary/aromatic N) is 1. The van der Waals surface area contributed by atoms with Gasteiger partial charge in [-0.05, 0) is 24.5 Å². The predicted octanol–water partition coefficient (Wildman–Crippen LogP) is 4.13. The first kappa shape index (κ1) is 13.6. The van der Waals surface area contributed by atoms with Crippen LogP contribution in [0.1, 0.15) is 29.7 Å². The minimum atomic E-state index is 0.106. The number of nitrogens with one attached hydrogen (secondary N) is 1. The highest BCUT2D eigenvalue weighted by Gasteiger charge is 2.25. The summed E-state index contributed by atoms with van der Waals surface area (Å²) in [6, 6.07) is 7.79. The normalized spacial score (nSPS) is 14.8. The van der Waals surface area contributed by atoms with Crippen molar-refractivity contribution in [2.45, 2.75) is 25.7 Å². The van der Waals surface area contributed by atoms with Crippen LogP contribution < -0.4 is 5.32 Å². The van der Waals surface area contributed by atoms with Gasteiger partial charge < -0.3 is 5.32 Å². The van der Waals surface area contributed by atoms with E-state index >= 15 is 0 Å². The van der Waals surface area contributed by atoms with Crippen molar-refractivity contribution in [2.24, 2.45) is 5.92 Å². The molecule has 0 unspecified atom stereocenters. The Balaban J connectivity index is 1.64. The highest BCUT2D eigenvalue weighted by atomic mass is 35.5. The van der Waals surface area contributed by atoms with Gasteiger partial charge in [-0.15, -0.1) is 11.3 Å². The molecule has 1 aliphatic carbocycles. The van der Waals surface area contributed by atoms with Crippen LogP contribution >= 0.6 is 22.9 Å². The van der Waals surface area contributed by atoms with Crippen molar-refractivity contribution in [3.8, 4) is 0 Å². The molecule has 0 aliphatic heterocycles. The Kier molecular flexibility index (Phi) is 4.03. The summed E-state index contributed by atoms with van der Waals surface area (Å²) < 4.78 is 0. The first-order chi connectivity index (χ1) is 9.72. The second-order valence-electron chi connectivity index (χ2n) is 5.02. The van der Waals surface area contributed by atoms with Gasteiger partial charge in [0.25, 0.3) is 0 Å². The summed E-state index contributed by atoms with van der Waals surface area (Å²) in [5.74, 6) is 0.292. The van der Waals surface area contributed by atoms with Crippen LogP contribution in [-0.2, 0) is 11.2 Å². The van der Waals surface area contributed by atoms with Crippen molar-refractivity contribution in [1.82, 2.24) is 4.98 Å². The average molecular weight is 307 g/mol. The van der Waals surface area contributed by atoms with Crippen molar-refractivity contribution in [1.29, 1.82) is 0 Å². The number of carbonyl (C=O) groups is 1. The van der Waals surface area contributed by atoms with E-state index in [9.17, 15) is 4.79 Å². The lowest BCUT2D eigenvalue weighted by atomic mass is 9.85. The van der Waals surface area contributed by atoms with Gasteiger partial charge in [0.1, 0.15) is 0 Å². The Labute approximate surface area is 127 Å². The zero-order chi connectivity index (χ0) is 13.9. The number of aromatic nitrogens is 1. The molecule has 0 saturated heterocycles. The SMILES string of the molecule is O=C(Nc1ncc(Cc2ccccc2Cl)s1)C1CCC1. The van der Waals surface area contributed by atoms with E-state index in [1.54, 1.807) is 0 Å². The standard InChI is InChI=1S/C15H15ClN2OS/c16-13-7-2-1-4-11(13)8-12-9-17-15(20-12)18-14(19)10-5-3-6-10/h1-2,4,7,9-10H,3,5-6,8H2,(H,17,18,19). The Hall–Kier alpha value is -1.39. The summed E-state index contributed by atoms with van der Waals surface area (Å²) in [5, 5.41) is 4.35. The fourth-order valence-corrected chi connectivity index (χ4v) is 3.20. The van der Waals surface area contributed by atoms with Gasteiger partial charge >= 0.3 is 0 Å². The van der Waals surface area contributed by atoms with E-state index in [0.717, 1.165) is 41.1 Å². The Morgan fingerprint density at radius 3 is 2.90 bits per heavy atom. The second kappa shape index (κ2) is 5.94. The van der Waals surface area contributed by atoms with E-state index in [-0.39, 0.29) is 11.8 Å². The molecule has 1 amide bonds. The lowest BCUT2D eigenvalue weighted by Gasteiger charge is -2.23. The lowest BCUT2D eigenvalue weighted by Crippen LogP contribution is -2.27. The summed E-state index contributed by atoms with van der Waals surface area (Å²) in [5.41, 5.74) is 1.08. The monoisotopic (exact) mass is 306 g/mol. The zero-order valence-corrected chi connectivity index (χ0v) is 12.5. The molecule has 0 bridgehead atoms. The molecule has 0 atom stereocenters. The van der Waals surface area contributed by atoms with Crippen molar-refractivity contribution in [3.05, 3.63) is 45.9 Å². The van der Waals surface area contributed by atoms with Crippen LogP contribution in [-0.4, -0.2) is 10.9 Å². The molecule has 2 aromatic rings. The molecule has 104 valence electrons. The van der Waals surface area contributed by atoms with E-state index in [0.29, 0.717) is 5.13 Å². The van der Waals surface area contributed by atoms with Crippen LogP contribution in [0.25, 0.3) is 0 Å². The fourth-order valence-electron chi connectivity index (χ4n) is 2.15. The number of rotatable bonds is 4. The third-order valence-electron chi connectivity index (χ3n) is 3.58. The number of carbonyl (C=O) groups excluding carboxylic acids is 1. The maximum atomic E-state index is 11.9. The fraction of sp³-hybridized carbons (Fsp3) is 0.333. The molecule has 0 radical (unpaired) electrons. The average Bonchev–Trinajstić information content (AvgIpc) is 2.77. The van der Waals surface area contributed by atoms with Crippen LogP contribution in [0.5, 0.6) is 0 Å². The number of hydrogen-bond acceptors (Lipinski definition) is 3. The summed E-state index contributed by atoms with van der Waals surface area (Å²) in [6.45, 7) is 0. The Morgan fingerprint density at radius 1 is 1.40 bits per heavy atom. The molecule has 0 spiro atoms. The van der Waals surface area contributed by atoms with Gasteiger partial charge in [0.2, 0.25) is 5.91 Å². The molecule has 1 fully saturated rings. The minimum absolute atomic E-state index is 0.106. The molecule has 5 heteroatoms. The molecule has 1 heterocycles. The van der Waals surface area contributed by atoms with E-state index in [4.69, 9.17) is 11.6 Å². The van der Waals surface area contributed by atoms with Gasteiger partial charge in [0.05, 0.1) is 0 Å². The molecule has 3 rings (SSSR count). The lowest BCUT2D eigenvalue weighted by molar-refractivity contribution is -0.122. The molecule has 1 N–H and O–H groups in total. The number of thiazole rings is 1. The third kappa shape index (κ3) is 3.02. The van der Waals surface area contributed by atoms with Gasteiger partial charge in [-0.25, -0.2) is 4.98 Å². The van der Waals surface area contributed by atoms with Crippen LogP contribution in [0.3, 0.4) is 0 Å². The van der Waals surface area contributed by atoms with Gasteiger partial charge in [-0.1, -0.05) is 36.2 Å². The van der Waals surface area contributed by atoms with E-state index < -0.39 is 0 Å². The molecule has 1 saturated carbocycles. The summed E-state index contributed by atoms with van der Waals surface area (Å²) in [7, 11) is 0. The second-order valence-corrected chi connectivity index (χ2v) is 6.54. The third-order valence-corrected chi connectivity index (χ3v) is 4.86. The first-order valence-electron chi connectivity index (χ1n) is 6.71. The maximum absolute atomic E-state index is 11.9. The predicted molar refractivity (Wildman–Crippen MR) is 82.3 cm³/mol. The minimum Gasteiger partial charge on any atom is -0.302 e. The van der Waals surface area contributed by atoms with Crippen LogP contribution in [0.4, 0.5) is 5.13 Å². The number of amides is 1. The summed E-state index contributed by atoms with van der Waals surface area (Å²) in [6.07, 6.45) is 5.72. The zero-order valence-electron chi connectivity index (χ0n) is 10.9. The van der Waals surface area contributed by atoms with Crippen molar-refractivity contribution < 1.29 is 4.79 Å². The topological polar surface area (TPSA) is 42.0 Å². The molecule has 3 nitrogen and oxygen atoms in total. The first-order valence-corrected chi connectivity index (χ1v) is 7.91. The van der Waals surface area contributed by atoms with Gasteiger partial charge in [0, 0.05) is 28.4 Å². The highest BCUT2D eigenvalue weighted by molar-refractivity contribution is 7.15. The maximum Gasteiger partial charge on any atom is 0.229 e. The largest absolute Gasteiger partial charge is 0.302 e. The number of anilines is 1. The van der Waals surface area contributed by atoms with E-state index in [2.05, 4.69) is 10.3 Å². The van der Waals surface area contributed by atoms with Gasteiger partial charge in [0.15, 0.2) is 5.13 Å². The molecule has 1 aliphatic rings. The summed E-state index contributed by atoms with van der Waals surface area (Å²) >= 11 is 7.66. The van der Waals surface area contributed by atoms with E-state index in [1.165, 1.54) is 11.3 Å². The van der Waals surface area contributed by atoms with Gasteiger partial charge in [-0.2, -0.15) is 0 Å². The smallest absolute Gasteiger partial charge is 0.229 e. The highest BCUT2D eigenvalue weighted by Crippen LogP contribution is 2.29. The number of halogens is 1. The van der Waals surface area contributed by atoms with Crippen molar-refractivity contribution in [3.63, 3.8) is 0 Å². The van der Waals surface area contributed by atoms with Gasteiger partial charge in [-0.3, -0.25) is 4.79 Å². The molecule has 20 heavy (non-hydrogen) atoms. The summed E-state index contributed by atoms with van der Waals surface area (Å²) in [4.78, 5) is 17.2. The molecule has 1 aromatic carbocycles. The van der Waals surface area contributed by atoms with Crippen molar-refractivity contribution in [2.75, 3.05) is 5.32 Å². The van der Waals surface area contributed by atoms with E-state index in [1.807, 2.05) is 30.5 Å². The number of hydrogen-bond donors (Lipinski definition) is 1. The van der Waals surface area contributed by atoms with Crippen LogP contribution in [0.2, 0.25) is 5.02 Å². The number of benzene rings is 1. The van der Waals surface area contributed by atoms with Crippen molar-refractivity contribution >= 4 is 34.0 Å².